The molecule has 5 nitrogen and oxygen atoms in total. The molecule has 0 bridgehead atoms. The second-order valence-corrected chi connectivity index (χ2v) is 8.80. The van der Waals surface area contributed by atoms with E-state index < -0.39 is 46.2 Å². The van der Waals surface area contributed by atoms with Gasteiger partial charge in [0.15, 0.2) is 17.4 Å². The summed E-state index contributed by atoms with van der Waals surface area (Å²) in [6, 6.07) is 10.9. The molecule has 3 aromatic rings. The van der Waals surface area contributed by atoms with Gasteiger partial charge >= 0.3 is 6.18 Å². The van der Waals surface area contributed by atoms with Crippen LogP contribution >= 0.6 is 0 Å². The monoisotopic (exact) mass is 472 g/mol. The first-order chi connectivity index (χ1) is 15.0. The number of hydrogen-bond acceptors (Lipinski definition) is 4. The van der Waals surface area contributed by atoms with Crippen LogP contribution in [0.15, 0.2) is 67.0 Å². The predicted molar refractivity (Wildman–Crippen MR) is 107 cm³/mol. The summed E-state index contributed by atoms with van der Waals surface area (Å²) >= 11 is 0. The van der Waals surface area contributed by atoms with Crippen LogP contribution in [0.5, 0.6) is 0 Å². The molecule has 0 saturated heterocycles. The largest absolute Gasteiger partial charge is 0.404 e. The third-order valence-electron chi connectivity index (χ3n) is 4.46. The molecule has 0 aliphatic rings. The smallest absolute Gasteiger partial charge is 0.384 e. The van der Waals surface area contributed by atoms with E-state index in [0.717, 1.165) is 18.2 Å². The molecule has 0 amide bonds. The zero-order chi connectivity index (χ0) is 23.5. The summed E-state index contributed by atoms with van der Waals surface area (Å²) in [4.78, 5) is 3.84. The summed E-state index contributed by atoms with van der Waals surface area (Å²) in [5, 5.41) is 10.5. The number of hydrogen-bond donors (Lipinski definition) is 1. The Morgan fingerprint density at radius 3 is 2.31 bits per heavy atom. The van der Waals surface area contributed by atoms with Crippen molar-refractivity contribution in [3.63, 3.8) is 0 Å². The van der Waals surface area contributed by atoms with Crippen molar-refractivity contribution in [1.29, 1.82) is 0 Å². The Labute approximate surface area is 180 Å². The molecule has 3 rings (SSSR count). The van der Waals surface area contributed by atoms with E-state index >= 15 is 0 Å². The van der Waals surface area contributed by atoms with Crippen LogP contribution in [0, 0.1) is 11.6 Å². The maximum absolute atomic E-state index is 13.5. The summed E-state index contributed by atoms with van der Waals surface area (Å²) in [6.45, 7) is -0.434. The maximum atomic E-state index is 13.5. The molecule has 11 heteroatoms. The molecule has 0 saturated carbocycles. The summed E-state index contributed by atoms with van der Waals surface area (Å²) in [6.07, 6.45) is -3.71. The van der Waals surface area contributed by atoms with Crippen molar-refractivity contribution in [3.8, 4) is 0 Å². The summed E-state index contributed by atoms with van der Waals surface area (Å²) in [7, 11) is -4.86. The Bertz CT molecular complexity index is 1190. The van der Waals surface area contributed by atoms with Gasteiger partial charge in [-0.05, 0) is 47.0 Å². The highest BCUT2D eigenvalue weighted by molar-refractivity contribution is 7.92. The minimum atomic E-state index is -4.98. The molecular weight excluding hydrogens is 455 g/mol. The summed E-state index contributed by atoms with van der Waals surface area (Å²) in [5.41, 5.74) is 0.256. The van der Waals surface area contributed by atoms with Crippen molar-refractivity contribution in [2.24, 2.45) is 0 Å². The molecule has 32 heavy (non-hydrogen) atoms. The third kappa shape index (κ3) is 5.80. The lowest BCUT2D eigenvalue weighted by Crippen LogP contribution is -2.37. The van der Waals surface area contributed by atoms with Gasteiger partial charge in [-0.25, -0.2) is 17.2 Å². The highest BCUT2D eigenvalue weighted by atomic mass is 32.2. The first kappa shape index (κ1) is 23.6. The van der Waals surface area contributed by atoms with E-state index in [1.807, 2.05) is 0 Å². The first-order valence-electron chi connectivity index (χ1n) is 9.15. The number of alkyl halides is 3. The lowest BCUT2D eigenvalue weighted by molar-refractivity contribution is -0.106. The van der Waals surface area contributed by atoms with Crippen LogP contribution in [-0.2, 0) is 16.6 Å². The second-order valence-electron chi connectivity index (χ2n) is 6.91. The number of aliphatic hydroxyl groups is 1. The molecule has 1 unspecified atom stereocenters. The first-order valence-corrected chi connectivity index (χ1v) is 10.8. The van der Waals surface area contributed by atoms with Gasteiger partial charge in [-0.3, -0.25) is 9.29 Å². The van der Waals surface area contributed by atoms with Crippen LogP contribution < -0.4 is 4.31 Å². The van der Waals surface area contributed by atoms with E-state index in [2.05, 4.69) is 4.98 Å². The van der Waals surface area contributed by atoms with Gasteiger partial charge in [0.05, 0.1) is 12.2 Å². The Balaban J connectivity index is 2.02. The predicted octanol–water partition coefficient (Wildman–Crippen LogP) is 4.34. The normalized spacial score (nSPS) is 13.1. The van der Waals surface area contributed by atoms with E-state index in [1.165, 1.54) is 48.8 Å². The number of sulfonamides is 1. The van der Waals surface area contributed by atoms with Crippen molar-refractivity contribution >= 4 is 15.7 Å². The fourth-order valence-corrected chi connectivity index (χ4v) is 4.37. The molecule has 1 heterocycles. The van der Waals surface area contributed by atoms with E-state index in [4.69, 9.17) is 0 Å². The summed E-state index contributed by atoms with van der Waals surface area (Å²) < 4.78 is 91.3. The molecule has 0 aliphatic heterocycles. The van der Waals surface area contributed by atoms with E-state index in [0.29, 0.717) is 9.87 Å². The quantitative estimate of drug-likeness (QED) is 0.520. The number of rotatable bonds is 7. The van der Waals surface area contributed by atoms with Crippen molar-refractivity contribution in [2.75, 3.05) is 10.1 Å². The molecule has 0 fully saturated rings. The zero-order valence-electron chi connectivity index (χ0n) is 16.3. The molecule has 2 aromatic carbocycles. The number of nitrogens with zero attached hydrogens (tertiary/aromatic N) is 2. The average Bonchev–Trinajstić information content (AvgIpc) is 2.72. The van der Waals surface area contributed by atoms with Crippen molar-refractivity contribution in [1.82, 2.24) is 4.98 Å². The maximum Gasteiger partial charge on any atom is 0.404 e. The minimum absolute atomic E-state index is 0.0157. The lowest BCUT2D eigenvalue weighted by atomic mass is 10.0. The van der Waals surface area contributed by atoms with E-state index in [1.54, 1.807) is 0 Å². The Hall–Kier alpha value is -3.05. The van der Waals surface area contributed by atoms with E-state index in [9.17, 15) is 35.5 Å². The third-order valence-corrected chi connectivity index (χ3v) is 6.17. The van der Waals surface area contributed by atoms with Gasteiger partial charge in [0.25, 0.3) is 0 Å². The number of benzene rings is 2. The summed E-state index contributed by atoms with van der Waals surface area (Å²) in [5.74, 6) is -4.39. The van der Waals surface area contributed by atoms with Crippen molar-refractivity contribution in [2.45, 2.75) is 18.8 Å². The highest BCUT2D eigenvalue weighted by Crippen LogP contribution is 2.30. The molecular formula is C21H17F5N2O3S. The topological polar surface area (TPSA) is 70.5 Å². The Morgan fingerprint density at radius 1 is 0.969 bits per heavy atom. The van der Waals surface area contributed by atoms with Gasteiger partial charge in [0.2, 0.25) is 10.0 Å². The van der Waals surface area contributed by atoms with Gasteiger partial charge in [-0.15, -0.1) is 0 Å². The van der Waals surface area contributed by atoms with Crippen LogP contribution in [0.4, 0.5) is 27.6 Å². The average molecular weight is 472 g/mol. The second kappa shape index (κ2) is 9.21. The number of pyridine rings is 1. The van der Waals surface area contributed by atoms with Crippen LogP contribution in [0.1, 0.15) is 22.8 Å². The van der Waals surface area contributed by atoms with Crippen LogP contribution in [-0.4, -0.2) is 30.4 Å². The van der Waals surface area contributed by atoms with Crippen molar-refractivity contribution < 1.29 is 35.5 Å². The van der Waals surface area contributed by atoms with Gasteiger partial charge in [-0.2, -0.15) is 13.2 Å². The number of anilines is 1. The molecule has 0 radical (unpaired) electrons. The minimum Gasteiger partial charge on any atom is -0.384 e. The number of halogens is 5. The fraction of sp³-hybridized carbons (Fsp3) is 0.190. The van der Waals surface area contributed by atoms with Gasteiger partial charge in [0, 0.05) is 12.4 Å². The SMILES string of the molecule is O=S(=O)(CC(F)(F)F)N(Cc1cccnc1)c1cccc(C(O)c2ccc(F)c(F)c2)c1. The van der Waals surface area contributed by atoms with Crippen LogP contribution in [0.2, 0.25) is 0 Å². The number of aromatic nitrogens is 1. The molecule has 1 atom stereocenters. The Morgan fingerprint density at radius 2 is 1.69 bits per heavy atom. The van der Waals surface area contributed by atoms with Gasteiger partial charge in [0.1, 0.15) is 6.10 Å². The Kier molecular flexibility index (Phi) is 6.79. The highest BCUT2D eigenvalue weighted by Gasteiger charge is 2.38. The molecule has 0 aliphatic carbocycles. The van der Waals surface area contributed by atoms with Gasteiger partial charge in [-0.1, -0.05) is 24.3 Å². The van der Waals surface area contributed by atoms with Crippen molar-refractivity contribution in [3.05, 3.63) is 95.3 Å². The van der Waals surface area contributed by atoms with Gasteiger partial charge < -0.3 is 5.11 Å². The molecule has 1 N–H and O–H groups in total. The molecule has 0 spiro atoms. The zero-order valence-corrected chi connectivity index (χ0v) is 17.1. The molecule has 1 aromatic heterocycles. The van der Waals surface area contributed by atoms with Crippen LogP contribution in [0.25, 0.3) is 0 Å². The number of aliphatic hydroxyl groups excluding tert-OH is 1. The fourth-order valence-electron chi connectivity index (χ4n) is 3.02. The van der Waals surface area contributed by atoms with Crippen LogP contribution in [0.3, 0.4) is 0 Å². The standard InChI is InChI=1S/C21H17F5N2O3S/c22-18-7-6-16(10-19(18)23)20(29)15-4-1-5-17(9-15)28(12-14-3-2-8-27-11-14)32(30,31)13-21(24,25)26/h1-11,20,29H,12-13H2. The van der Waals surface area contributed by atoms with E-state index in [-0.39, 0.29) is 16.8 Å². The lowest BCUT2D eigenvalue weighted by Gasteiger charge is -2.26. The molecule has 170 valence electrons.